The van der Waals surface area contributed by atoms with Crippen molar-refractivity contribution in [1.29, 1.82) is 0 Å². The van der Waals surface area contributed by atoms with Gasteiger partial charge >= 0.3 is 5.97 Å². The molecule has 86 valence electrons. The topological polar surface area (TPSA) is 46.5 Å². The molecule has 0 aromatic rings. The normalized spacial score (nSPS) is 60.6. The molecule has 3 nitrogen and oxygen atoms in total. The number of thioether (sulfide) groups is 1. The highest BCUT2D eigenvalue weighted by molar-refractivity contribution is 8.01. The number of hydrogen-bond donors (Lipinski definition) is 1. The van der Waals surface area contributed by atoms with E-state index in [0.29, 0.717) is 28.8 Å². The minimum absolute atomic E-state index is 0.0625. The maximum atomic E-state index is 11.4. The van der Waals surface area contributed by atoms with Gasteiger partial charge < -0.3 is 9.84 Å². The standard InChI is InChI=1S/C12H14O3S/c1-12(11(13)14)4-5-8-6-2-3-7(16-6)9(8)10(12)15-5/h2-3,5-10H,4H2,1H3,(H,13,14). The molecule has 4 bridgehead atoms. The van der Waals surface area contributed by atoms with Crippen LogP contribution in [-0.2, 0) is 9.53 Å². The van der Waals surface area contributed by atoms with Gasteiger partial charge in [-0.25, -0.2) is 0 Å². The Morgan fingerprint density at radius 1 is 1.44 bits per heavy atom. The van der Waals surface area contributed by atoms with Gasteiger partial charge in [0.25, 0.3) is 0 Å². The molecule has 3 saturated heterocycles. The molecule has 0 aromatic carbocycles. The predicted octanol–water partition coefficient (Wildman–Crippen LogP) is 1.53. The first-order valence-corrected chi connectivity index (χ1v) is 6.78. The van der Waals surface area contributed by atoms with E-state index in [1.54, 1.807) is 0 Å². The van der Waals surface area contributed by atoms with Crippen LogP contribution in [0.25, 0.3) is 0 Å². The van der Waals surface area contributed by atoms with Crippen LogP contribution in [0.1, 0.15) is 13.3 Å². The van der Waals surface area contributed by atoms with Gasteiger partial charge in [-0.05, 0) is 13.3 Å². The summed E-state index contributed by atoms with van der Waals surface area (Å²) in [4.78, 5) is 11.4. The number of fused-ring (bicyclic) bond motifs is 9. The Morgan fingerprint density at radius 3 is 2.81 bits per heavy atom. The number of aliphatic carboxylic acids is 1. The molecular formula is C12H14O3S. The van der Waals surface area contributed by atoms with Gasteiger partial charge in [-0.1, -0.05) is 12.2 Å². The molecule has 7 unspecified atom stereocenters. The van der Waals surface area contributed by atoms with Gasteiger partial charge in [0.05, 0.1) is 17.6 Å². The van der Waals surface area contributed by atoms with E-state index in [2.05, 4.69) is 12.2 Å². The molecule has 4 aliphatic rings. The SMILES string of the molecule is CC1(C(=O)O)CC2OC1C1C3C=CC(S3)C21. The molecule has 0 saturated carbocycles. The van der Waals surface area contributed by atoms with E-state index in [-0.39, 0.29) is 12.2 Å². The largest absolute Gasteiger partial charge is 0.481 e. The van der Waals surface area contributed by atoms with Crippen LogP contribution >= 0.6 is 11.8 Å². The van der Waals surface area contributed by atoms with Crippen molar-refractivity contribution in [2.24, 2.45) is 17.3 Å². The van der Waals surface area contributed by atoms with E-state index in [9.17, 15) is 9.90 Å². The fourth-order valence-corrected chi connectivity index (χ4v) is 5.84. The van der Waals surface area contributed by atoms with Crippen LogP contribution in [0.2, 0.25) is 0 Å². The second-order valence-corrected chi connectivity index (χ2v) is 6.99. The lowest BCUT2D eigenvalue weighted by atomic mass is 9.63. The predicted molar refractivity (Wildman–Crippen MR) is 60.3 cm³/mol. The van der Waals surface area contributed by atoms with Gasteiger partial charge in [-0.3, -0.25) is 4.79 Å². The van der Waals surface area contributed by atoms with Crippen molar-refractivity contribution in [1.82, 2.24) is 0 Å². The van der Waals surface area contributed by atoms with Crippen molar-refractivity contribution >= 4 is 17.7 Å². The molecular weight excluding hydrogens is 224 g/mol. The summed E-state index contributed by atoms with van der Waals surface area (Å²) >= 11 is 2.00. The molecule has 4 rings (SSSR count). The van der Waals surface area contributed by atoms with Gasteiger partial charge in [0.15, 0.2) is 0 Å². The summed E-state index contributed by atoms with van der Waals surface area (Å²) in [5.41, 5.74) is -0.648. The third kappa shape index (κ3) is 0.864. The summed E-state index contributed by atoms with van der Waals surface area (Å²) in [5.74, 6) is 0.340. The first kappa shape index (κ1) is 9.54. The zero-order valence-electron chi connectivity index (χ0n) is 9.00. The Kier molecular flexibility index (Phi) is 1.59. The lowest BCUT2D eigenvalue weighted by Gasteiger charge is -2.36. The molecule has 4 heteroatoms. The molecule has 7 atom stereocenters. The first-order valence-electron chi connectivity index (χ1n) is 5.84. The zero-order valence-corrected chi connectivity index (χ0v) is 9.81. The number of carboxylic acid groups (broad SMARTS) is 1. The number of rotatable bonds is 1. The van der Waals surface area contributed by atoms with E-state index in [1.165, 1.54) is 0 Å². The van der Waals surface area contributed by atoms with Crippen LogP contribution in [0, 0.1) is 17.3 Å². The monoisotopic (exact) mass is 238 g/mol. The van der Waals surface area contributed by atoms with E-state index < -0.39 is 11.4 Å². The Labute approximate surface area is 98.2 Å². The molecule has 16 heavy (non-hydrogen) atoms. The van der Waals surface area contributed by atoms with Crippen LogP contribution < -0.4 is 0 Å². The molecule has 0 amide bonds. The third-order valence-electron chi connectivity index (χ3n) is 4.85. The number of carboxylic acids is 1. The van der Waals surface area contributed by atoms with E-state index in [1.807, 2.05) is 18.7 Å². The fourth-order valence-electron chi connectivity index (χ4n) is 4.07. The minimum atomic E-state index is -0.685. The molecule has 4 heterocycles. The second-order valence-electron chi connectivity index (χ2n) is 5.63. The molecule has 0 aromatic heterocycles. The average Bonchev–Trinajstić information content (AvgIpc) is 2.92. The number of hydrogen-bond acceptors (Lipinski definition) is 3. The lowest BCUT2D eigenvalue weighted by molar-refractivity contribution is -0.152. The lowest BCUT2D eigenvalue weighted by Crippen LogP contribution is -2.47. The smallest absolute Gasteiger partial charge is 0.312 e. The summed E-state index contributed by atoms with van der Waals surface area (Å²) in [7, 11) is 0. The van der Waals surface area contributed by atoms with Crippen molar-refractivity contribution in [2.45, 2.75) is 36.1 Å². The minimum Gasteiger partial charge on any atom is -0.481 e. The third-order valence-corrected chi connectivity index (χ3v) is 6.42. The molecule has 4 aliphatic heterocycles. The summed E-state index contributed by atoms with van der Waals surface area (Å²) < 4.78 is 5.96. The van der Waals surface area contributed by atoms with Crippen molar-refractivity contribution in [2.75, 3.05) is 0 Å². The summed E-state index contributed by atoms with van der Waals surface area (Å²) in [5, 5.41) is 10.5. The summed E-state index contributed by atoms with van der Waals surface area (Å²) in [6, 6.07) is 0. The molecule has 0 radical (unpaired) electrons. The Morgan fingerprint density at radius 2 is 2.12 bits per heavy atom. The molecule has 3 fully saturated rings. The molecule has 0 spiro atoms. The zero-order chi connectivity index (χ0) is 11.1. The first-order chi connectivity index (χ1) is 7.61. The second kappa shape index (κ2) is 2.67. The number of carbonyl (C=O) groups is 1. The van der Waals surface area contributed by atoms with Crippen LogP contribution in [0.4, 0.5) is 0 Å². The van der Waals surface area contributed by atoms with Gasteiger partial charge in [0.2, 0.25) is 0 Å². The Balaban J connectivity index is 1.76. The van der Waals surface area contributed by atoms with E-state index in [0.717, 1.165) is 0 Å². The van der Waals surface area contributed by atoms with Crippen LogP contribution in [-0.4, -0.2) is 33.8 Å². The Hall–Kier alpha value is -0.480. The van der Waals surface area contributed by atoms with E-state index >= 15 is 0 Å². The van der Waals surface area contributed by atoms with Crippen LogP contribution in [0.15, 0.2) is 12.2 Å². The average molecular weight is 238 g/mol. The quantitative estimate of drug-likeness (QED) is 0.704. The van der Waals surface area contributed by atoms with Gasteiger partial charge in [0.1, 0.15) is 0 Å². The number of ether oxygens (including phenoxy) is 1. The van der Waals surface area contributed by atoms with Gasteiger partial charge in [-0.15, -0.1) is 11.8 Å². The van der Waals surface area contributed by atoms with Crippen molar-refractivity contribution < 1.29 is 14.6 Å². The van der Waals surface area contributed by atoms with Gasteiger partial charge in [0, 0.05) is 22.3 Å². The summed E-state index contributed by atoms with van der Waals surface area (Å²) in [6.07, 6.45) is 5.36. The molecule has 0 aliphatic carbocycles. The highest BCUT2D eigenvalue weighted by Crippen LogP contribution is 2.64. The van der Waals surface area contributed by atoms with E-state index in [4.69, 9.17) is 4.74 Å². The highest BCUT2D eigenvalue weighted by Gasteiger charge is 2.68. The maximum Gasteiger partial charge on any atom is 0.312 e. The van der Waals surface area contributed by atoms with Crippen molar-refractivity contribution in [3.63, 3.8) is 0 Å². The summed E-state index contributed by atoms with van der Waals surface area (Å²) in [6.45, 7) is 1.86. The van der Waals surface area contributed by atoms with Crippen molar-refractivity contribution in [3.05, 3.63) is 12.2 Å². The maximum absolute atomic E-state index is 11.4. The van der Waals surface area contributed by atoms with Crippen LogP contribution in [0.5, 0.6) is 0 Å². The van der Waals surface area contributed by atoms with Gasteiger partial charge in [-0.2, -0.15) is 0 Å². The highest BCUT2D eigenvalue weighted by atomic mass is 32.2. The fraction of sp³-hybridized carbons (Fsp3) is 0.750. The molecule has 1 N–H and O–H groups in total. The Bertz CT molecular complexity index is 407. The van der Waals surface area contributed by atoms with Crippen LogP contribution in [0.3, 0.4) is 0 Å². The van der Waals surface area contributed by atoms with Crippen molar-refractivity contribution in [3.8, 4) is 0 Å².